The minimum atomic E-state index is -1.92. The lowest BCUT2D eigenvalue weighted by molar-refractivity contribution is 0.292. The van der Waals surface area contributed by atoms with Crippen molar-refractivity contribution in [3.8, 4) is 0 Å². The Kier molecular flexibility index (Phi) is 5.28. The number of dihydropyridines is 1. The summed E-state index contributed by atoms with van der Waals surface area (Å²) in [6.45, 7) is 7.57. The second-order valence-corrected chi connectivity index (χ2v) is 15.2. The zero-order valence-corrected chi connectivity index (χ0v) is 20.9. The van der Waals surface area contributed by atoms with Crippen molar-refractivity contribution >= 4 is 20.0 Å². The van der Waals surface area contributed by atoms with E-state index in [1.54, 1.807) is 0 Å². The van der Waals surface area contributed by atoms with E-state index in [0.717, 1.165) is 6.42 Å². The van der Waals surface area contributed by atoms with E-state index >= 15 is 0 Å². The molecule has 5 unspecified atom stereocenters. The Hall–Kier alpha value is -2.27. The monoisotopic (exact) mass is 453 g/mol. The highest BCUT2D eigenvalue weighted by atomic mass is 28.3. The van der Waals surface area contributed by atoms with E-state index in [1.807, 2.05) is 0 Å². The van der Waals surface area contributed by atoms with Crippen LogP contribution in [0.4, 0.5) is 0 Å². The number of allylic oxidation sites excluding steroid dienone is 9. The van der Waals surface area contributed by atoms with Crippen LogP contribution in [-0.4, -0.2) is 37.4 Å². The van der Waals surface area contributed by atoms with E-state index in [0.29, 0.717) is 35.4 Å². The van der Waals surface area contributed by atoms with Gasteiger partial charge in [-0.25, -0.2) is 0 Å². The first-order valence-electron chi connectivity index (χ1n) is 12.6. The number of hydrogen-bond acceptors (Lipinski definition) is 3. The van der Waals surface area contributed by atoms with E-state index in [2.05, 4.69) is 121 Å². The van der Waals surface area contributed by atoms with Gasteiger partial charge in [0.1, 0.15) is 14.4 Å². The molecule has 33 heavy (non-hydrogen) atoms. The highest BCUT2D eigenvalue weighted by Crippen LogP contribution is 2.59. The van der Waals surface area contributed by atoms with Gasteiger partial charge < -0.3 is 0 Å². The van der Waals surface area contributed by atoms with Gasteiger partial charge in [-0.05, 0) is 52.8 Å². The molecule has 0 radical (unpaired) electrons. The van der Waals surface area contributed by atoms with Crippen LogP contribution in [0.15, 0.2) is 90.0 Å². The maximum Gasteiger partial charge on any atom is 0.130 e. The average molecular weight is 454 g/mol. The van der Waals surface area contributed by atoms with Crippen LogP contribution in [0.1, 0.15) is 18.9 Å². The quantitative estimate of drug-likeness (QED) is 0.584. The molecule has 3 nitrogen and oxygen atoms in total. The molecule has 2 aliphatic heterocycles. The molecule has 7 atom stereocenters. The zero-order valence-electron chi connectivity index (χ0n) is 19.9. The summed E-state index contributed by atoms with van der Waals surface area (Å²) in [7, 11) is -1.92. The first kappa shape index (κ1) is 21.3. The molecule has 0 aromatic heterocycles. The minimum Gasteiger partial charge on any atom is -0.292 e. The van der Waals surface area contributed by atoms with E-state index in [1.165, 1.54) is 11.1 Å². The second kappa shape index (κ2) is 8.19. The summed E-state index contributed by atoms with van der Waals surface area (Å²) in [6.07, 6.45) is 25.1. The van der Waals surface area contributed by atoms with Crippen LogP contribution in [0.25, 0.3) is 5.57 Å². The van der Waals surface area contributed by atoms with Gasteiger partial charge in [-0.2, -0.15) is 0 Å². The molecular weight excluding hydrogens is 418 g/mol. The number of aliphatic imine (C=N–C) groups is 1. The third-order valence-electron chi connectivity index (χ3n) is 8.81. The van der Waals surface area contributed by atoms with Gasteiger partial charge in [0.05, 0.1) is 12.2 Å². The first-order valence-corrected chi connectivity index (χ1v) is 15.7. The molecular formula is C29H35N3Si. The number of nitrogens with one attached hydrogen (secondary N) is 1. The average Bonchev–Trinajstić information content (AvgIpc) is 3.41. The van der Waals surface area contributed by atoms with Crippen molar-refractivity contribution in [2.45, 2.75) is 50.4 Å². The fraction of sp³-hybridized carbons (Fsp3) is 0.414. The van der Waals surface area contributed by atoms with Crippen LogP contribution in [0.3, 0.4) is 0 Å². The summed E-state index contributed by atoms with van der Waals surface area (Å²) in [5, 5.41) is 4.03. The Bertz CT molecular complexity index is 1050. The third-order valence-corrected chi connectivity index (χ3v) is 13.1. The third kappa shape index (κ3) is 3.26. The van der Waals surface area contributed by atoms with Crippen molar-refractivity contribution in [1.29, 1.82) is 0 Å². The molecule has 0 spiro atoms. The summed E-state index contributed by atoms with van der Waals surface area (Å²) in [5.74, 6) is 2.48. The fourth-order valence-corrected chi connectivity index (χ4v) is 12.4. The van der Waals surface area contributed by atoms with Crippen molar-refractivity contribution < 1.29 is 0 Å². The molecule has 1 saturated carbocycles. The lowest BCUT2D eigenvalue weighted by Gasteiger charge is -2.47. The van der Waals surface area contributed by atoms with Gasteiger partial charge in [0.15, 0.2) is 0 Å². The summed E-state index contributed by atoms with van der Waals surface area (Å²) in [4.78, 5) is 5.13. The summed E-state index contributed by atoms with van der Waals surface area (Å²) < 4.78 is 2.87. The van der Waals surface area contributed by atoms with E-state index in [9.17, 15) is 0 Å². The molecule has 170 valence electrons. The smallest absolute Gasteiger partial charge is 0.130 e. The van der Waals surface area contributed by atoms with Crippen LogP contribution in [-0.2, 0) is 0 Å². The molecule has 1 saturated heterocycles. The Morgan fingerprint density at radius 3 is 2.09 bits per heavy atom. The van der Waals surface area contributed by atoms with Crippen LogP contribution in [0.5, 0.6) is 0 Å². The molecule has 6 rings (SSSR count). The van der Waals surface area contributed by atoms with Crippen LogP contribution in [0.2, 0.25) is 18.6 Å². The van der Waals surface area contributed by atoms with Crippen molar-refractivity contribution in [2.24, 2.45) is 28.7 Å². The number of fused-ring (bicyclic) bond motifs is 4. The van der Waals surface area contributed by atoms with Gasteiger partial charge in [-0.15, -0.1) is 0 Å². The van der Waals surface area contributed by atoms with Crippen molar-refractivity contribution in [3.63, 3.8) is 0 Å². The summed E-state index contributed by atoms with van der Waals surface area (Å²) in [6, 6.07) is 11.1. The highest BCUT2D eigenvalue weighted by Gasteiger charge is 2.59. The van der Waals surface area contributed by atoms with Crippen molar-refractivity contribution in [1.82, 2.24) is 9.88 Å². The molecule has 2 heterocycles. The molecule has 0 bridgehead atoms. The minimum absolute atomic E-state index is 0.181. The molecule has 4 heteroatoms. The van der Waals surface area contributed by atoms with E-state index in [-0.39, 0.29) is 12.2 Å². The normalized spacial score (nSPS) is 38.8. The zero-order chi connectivity index (χ0) is 22.6. The van der Waals surface area contributed by atoms with Crippen LogP contribution in [0, 0.1) is 23.7 Å². The fourth-order valence-electron chi connectivity index (χ4n) is 7.55. The van der Waals surface area contributed by atoms with Crippen LogP contribution >= 0.6 is 0 Å². The van der Waals surface area contributed by atoms with Gasteiger partial charge in [0.2, 0.25) is 0 Å². The van der Waals surface area contributed by atoms with Gasteiger partial charge in [-0.3, -0.25) is 14.9 Å². The first-order chi connectivity index (χ1) is 16.1. The van der Waals surface area contributed by atoms with Gasteiger partial charge in [0, 0.05) is 6.21 Å². The molecule has 2 fully saturated rings. The molecule has 0 amide bonds. The predicted octanol–water partition coefficient (Wildman–Crippen LogP) is 5.80. The molecule has 3 aliphatic carbocycles. The topological polar surface area (TPSA) is 27.6 Å². The summed E-state index contributed by atoms with van der Waals surface area (Å²) in [5.41, 5.74) is 3.36. The number of hydrogen-bond donors (Lipinski definition) is 1. The highest BCUT2D eigenvalue weighted by molar-refractivity contribution is 6.76. The largest absolute Gasteiger partial charge is 0.292 e. The molecule has 1 aromatic carbocycles. The predicted molar refractivity (Wildman–Crippen MR) is 141 cm³/mol. The Morgan fingerprint density at radius 2 is 1.48 bits per heavy atom. The van der Waals surface area contributed by atoms with Crippen molar-refractivity contribution in [3.05, 3.63) is 90.6 Å². The lowest BCUT2D eigenvalue weighted by atomic mass is 9.83. The molecule has 1 aromatic rings. The number of nitrogens with zero attached hydrogens (tertiary/aromatic N) is 2. The number of benzene rings is 1. The lowest BCUT2D eigenvalue weighted by Crippen LogP contribution is -2.60. The van der Waals surface area contributed by atoms with E-state index < -0.39 is 8.24 Å². The van der Waals surface area contributed by atoms with Gasteiger partial charge in [-0.1, -0.05) is 99.0 Å². The Morgan fingerprint density at radius 1 is 0.879 bits per heavy atom. The van der Waals surface area contributed by atoms with Gasteiger partial charge >= 0.3 is 0 Å². The second-order valence-electron chi connectivity index (χ2n) is 10.7. The van der Waals surface area contributed by atoms with E-state index in [4.69, 9.17) is 4.99 Å². The van der Waals surface area contributed by atoms with Crippen molar-refractivity contribution in [2.75, 3.05) is 0 Å². The standard InChI is InChI=1S/C29H35N3Si/c1-4-26-31-27-21(20-12-6-5-7-13-20)18-19-30-29(27)32(26)33(2,3)28-24-16-10-8-14-22(24)23-15-9-11-17-25(23)28/h5-19,22-29,31H,4H2,1-3H3/t22?,23?,24?,25?,26-,27?,28?,29-/m0/s1. The molecule has 5 aliphatic rings. The number of rotatable bonds is 4. The Balaban J connectivity index is 1.38. The molecule has 1 N–H and O–H groups in total. The maximum absolute atomic E-state index is 5.13. The maximum atomic E-state index is 5.13. The summed E-state index contributed by atoms with van der Waals surface area (Å²) >= 11 is 0. The van der Waals surface area contributed by atoms with Gasteiger partial charge in [0.25, 0.3) is 0 Å². The Labute approximate surface area is 199 Å². The SMILES string of the molecule is CC[C@H]1NC2C(c3ccccc3)=CC=N[C@H]2N1[Si](C)(C)C1C2C=CC=CC2C2C=CC=CC21. The van der Waals surface area contributed by atoms with Crippen LogP contribution < -0.4 is 5.32 Å².